The summed E-state index contributed by atoms with van der Waals surface area (Å²) in [6.45, 7) is 1.24. The Morgan fingerprint density at radius 2 is 1.88 bits per heavy atom. The van der Waals surface area contributed by atoms with Gasteiger partial charge in [0.1, 0.15) is 5.75 Å². The monoisotopic (exact) mass is 230 g/mol. The highest BCUT2D eigenvalue weighted by Gasteiger charge is 2.05. The molecule has 1 aromatic heterocycles. The van der Waals surface area contributed by atoms with Gasteiger partial charge in [-0.1, -0.05) is 12.1 Å². The van der Waals surface area contributed by atoms with E-state index in [4.69, 9.17) is 5.73 Å². The second kappa shape index (κ2) is 5.27. The van der Waals surface area contributed by atoms with E-state index in [9.17, 15) is 5.11 Å². The molecule has 1 aromatic carbocycles. The van der Waals surface area contributed by atoms with Gasteiger partial charge in [0, 0.05) is 13.1 Å². The number of aromatic nitrogens is 2. The lowest BCUT2D eigenvalue weighted by Crippen LogP contribution is -2.13. The molecule has 0 aliphatic carbocycles. The normalized spacial score (nSPS) is 10.2. The van der Waals surface area contributed by atoms with E-state index in [0.717, 1.165) is 5.69 Å². The van der Waals surface area contributed by atoms with Crippen molar-refractivity contribution in [3.63, 3.8) is 0 Å². The van der Waals surface area contributed by atoms with Crippen molar-refractivity contribution in [2.75, 3.05) is 18.4 Å². The number of anilines is 1. The molecule has 2 aromatic rings. The minimum atomic E-state index is 0.176. The Morgan fingerprint density at radius 3 is 2.53 bits per heavy atom. The summed E-state index contributed by atoms with van der Waals surface area (Å²) in [7, 11) is 0. The van der Waals surface area contributed by atoms with Gasteiger partial charge in [0.2, 0.25) is 0 Å². The molecule has 1 heterocycles. The second-order valence-corrected chi connectivity index (χ2v) is 3.53. The Balaban J connectivity index is 2.21. The molecule has 0 amide bonds. The van der Waals surface area contributed by atoms with Crippen LogP contribution in [0.15, 0.2) is 36.7 Å². The van der Waals surface area contributed by atoms with Gasteiger partial charge in [-0.25, -0.2) is 9.97 Å². The first-order valence-electron chi connectivity index (χ1n) is 5.35. The fourth-order valence-corrected chi connectivity index (χ4v) is 1.44. The Bertz CT molecular complexity index is 484. The Kier molecular flexibility index (Phi) is 3.52. The van der Waals surface area contributed by atoms with Gasteiger partial charge >= 0.3 is 0 Å². The minimum Gasteiger partial charge on any atom is -0.507 e. The largest absolute Gasteiger partial charge is 0.507 e. The molecule has 17 heavy (non-hydrogen) atoms. The highest BCUT2D eigenvalue weighted by Crippen LogP contribution is 2.25. The average molecular weight is 230 g/mol. The molecule has 0 aliphatic rings. The van der Waals surface area contributed by atoms with Crippen molar-refractivity contribution in [3.8, 4) is 17.1 Å². The van der Waals surface area contributed by atoms with Gasteiger partial charge in [0.25, 0.3) is 0 Å². The van der Waals surface area contributed by atoms with Gasteiger partial charge in [-0.3, -0.25) is 0 Å². The zero-order valence-corrected chi connectivity index (χ0v) is 9.30. The fourth-order valence-electron chi connectivity index (χ4n) is 1.44. The summed E-state index contributed by atoms with van der Waals surface area (Å²) < 4.78 is 0. The van der Waals surface area contributed by atoms with Crippen molar-refractivity contribution in [1.82, 2.24) is 9.97 Å². The molecular formula is C12H14N4O. The number of nitrogens with one attached hydrogen (secondary N) is 1. The SMILES string of the molecule is NCCNc1cnc(-c2ccccc2O)nc1. The van der Waals surface area contributed by atoms with Crippen LogP contribution in [0.4, 0.5) is 5.69 Å². The molecular weight excluding hydrogens is 216 g/mol. The number of rotatable bonds is 4. The van der Waals surface area contributed by atoms with Crippen molar-refractivity contribution in [2.45, 2.75) is 0 Å². The van der Waals surface area contributed by atoms with E-state index in [-0.39, 0.29) is 5.75 Å². The van der Waals surface area contributed by atoms with E-state index < -0.39 is 0 Å². The van der Waals surface area contributed by atoms with Crippen LogP contribution in [-0.2, 0) is 0 Å². The number of nitrogens with two attached hydrogens (primary N) is 1. The van der Waals surface area contributed by atoms with Crippen LogP contribution in [-0.4, -0.2) is 28.2 Å². The molecule has 5 nitrogen and oxygen atoms in total. The van der Waals surface area contributed by atoms with Crippen molar-refractivity contribution >= 4 is 5.69 Å². The Hall–Kier alpha value is -2.14. The number of para-hydroxylation sites is 1. The molecule has 4 N–H and O–H groups in total. The highest BCUT2D eigenvalue weighted by atomic mass is 16.3. The zero-order chi connectivity index (χ0) is 12.1. The van der Waals surface area contributed by atoms with E-state index in [1.807, 2.05) is 6.07 Å². The number of nitrogens with zero attached hydrogens (tertiary/aromatic N) is 2. The third-order valence-electron chi connectivity index (χ3n) is 2.27. The van der Waals surface area contributed by atoms with Crippen LogP contribution < -0.4 is 11.1 Å². The van der Waals surface area contributed by atoms with Crippen molar-refractivity contribution < 1.29 is 5.11 Å². The lowest BCUT2D eigenvalue weighted by atomic mass is 10.2. The van der Waals surface area contributed by atoms with Crippen molar-refractivity contribution in [3.05, 3.63) is 36.7 Å². The molecule has 0 atom stereocenters. The van der Waals surface area contributed by atoms with Crippen LogP contribution in [0.3, 0.4) is 0 Å². The molecule has 0 spiro atoms. The van der Waals surface area contributed by atoms with Gasteiger partial charge in [0.05, 0.1) is 23.6 Å². The van der Waals surface area contributed by atoms with E-state index in [0.29, 0.717) is 24.5 Å². The van der Waals surface area contributed by atoms with Crippen LogP contribution >= 0.6 is 0 Å². The second-order valence-electron chi connectivity index (χ2n) is 3.53. The molecule has 88 valence electrons. The summed E-state index contributed by atoms with van der Waals surface area (Å²) in [4.78, 5) is 8.38. The lowest BCUT2D eigenvalue weighted by Gasteiger charge is -2.05. The average Bonchev–Trinajstić information content (AvgIpc) is 2.38. The van der Waals surface area contributed by atoms with E-state index in [1.54, 1.807) is 30.6 Å². The first-order valence-corrected chi connectivity index (χ1v) is 5.35. The molecule has 0 aliphatic heterocycles. The maximum absolute atomic E-state index is 9.66. The third kappa shape index (κ3) is 2.70. The number of hydrogen-bond donors (Lipinski definition) is 3. The summed E-state index contributed by atoms with van der Waals surface area (Å²) in [6, 6.07) is 6.98. The first-order chi connectivity index (χ1) is 8.31. The zero-order valence-electron chi connectivity index (χ0n) is 9.30. The predicted molar refractivity (Wildman–Crippen MR) is 66.7 cm³/mol. The van der Waals surface area contributed by atoms with Crippen LogP contribution in [0.5, 0.6) is 5.75 Å². The minimum absolute atomic E-state index is 0.176. The number of benzene rings is 1. The highest BCUT2D eigenvalue weighted by molar-refractivity contribution is 5.63. The standard InChI is InChI=1S/C12H14N4O/c13-5-6-14-9-7-15-12(16-8-9)10-3-1-2-4-11(10)17/h1-4,7-8,14,17H,5-6,13H2. The van der Waals surface area contributed by atoms with Crippen molar-refractivity contribution in [2.24, 2.45) is 5.73 Å². The topological polar surface area (TPSA) is 84.1 Å². The van der Waals surface area contributed by atoms with Gasteiger partial charge in [-0.05, 0) is 12.1 Å². The molecule has 0 saturated carbocycles. The maximum atomic E-state index is 9.66. The van der Waals surface area contributed by atoms with E-state index in [2.05, 4.69) is 15.3 Å². The molecule has 0 bridgehead atoms. The molecule has 0 unspecified atom stereocenters. The summed E-state index contributed by atoms with van der Waals surface area (Å²) in [5.41, 5.74) is 6.82. The molecule has 0 saturated heterocycles. The van der Waals surface area contributed by atoms with E-state index in [1.165, 1.54) is 0 Å². The summed E-state index contributed by atoms with van der Waals surface area (Å²) >= 11 is 0. The number of hydrogen-bond acceptors (Lipinski definition) is 5. The number of phenols is 1. The first kappa shape index (κ1) is 11.3. The van der Waals surface area contributed by atoms with Gasteiger partial charge < -0.3 is 16.2 Å². The van der Waals surface area contributed by atoms with Crippen LogP contribution in [0.25, 0.3) is 11.4 Å². The van der Waals surface area contributed by atoms with Gasteiger partial charge in [-0.2, -0.15) is 0 Å². The lowest BCUT2D eigenvalue weighted by molar-refractivity contribution is 0.477. The molecule has 0 radical (unpaired) electrons. The van der Waals surface area contributed by atoms with E-state index >= 15 is 0 Å². The molecule has 0 fully saturated rings. The van der Waals surface area contributed by atoms with Gasteiger partial charge in [-0.15, -0.1) is 0 Å². The third-order valence-corrected chi connectivity index (χ3v) is 2.27. The quantitative estimate of drug-likeness (QED) is 0.735. The Morgan fingerprint density at radius 1 is 1.18 bits per heavy atom. The van der Waals surface area contributed by atoms with Crippen LogP contribution in [0.1, 0.15) is 0 Å². The predicted octanol–water partition coefficient (Wildman–Crippen LogP) is 1.22. The van der Waals surface area contributed by atoms with Crippen LogP contribution in [0.2, 0.25) is 0 Å². The number of aromatic hydroxyl groups is 1. The summed E-state index contributed by atoms with van der Waals surface area (Å²) in [6.07, 6.45) is 3.34. The molecule has 5 heteroatoms. The van der Waals surface area contributed by atoms with Crippen LogP contribution in [0, 0.1) is 0 Å². The smallest absolute Gasteiger partial charge is 0.163 e. The van der Waals surface area contributed by atoms with Crippen molar-refractivity contribution in [1.29, 1.82) is 0 Å². The molecule has 2 rings (SSSR count). The van der Waals surface area contributed by atoms with Gasteiger partial charge in [0.15, 0.2) is 5.82 Å². The number of phenolic OH excluding ortho intramolecular Hbond substituents is 1. The summed E-state index contributed by atoms with van der Waals surface area (Å²) in [5, 5.41) is 12.7. The fraction of sp³-hybridized carbons (Fsp3) is 0.167. The Labute approximate surface area is 99.3 Å². The maximum Gasteiger partial charge on any atom is 0.163 e. The summed E-state index contributed by atoms with van der Waals surface area (Å²) in [5.74, 6) is 0.677.